The van der Waals surface area contributed by atoms with E-state index < -0.39 is 11.7 Å². The molecule has 0 spiro atoms. The molecular weight excluding hydrogens is 437 g/mol. The second kappa shape index (κ2) is 9.48. The molecule has 0 bridgehead atoms. The number of hydrogen-bond donors (Lipinski definition) is 0. The van der Waals surface area contributed by atoms with E-state index in [4.69, 9.17) is 9.26 Å². The minimum absolute atomic E-state index is 0.0140. The summed E-state index contributed by atoms with van der Waals surface area (Å²) in [6, 6.07) is 15.3. The minimum Gasteiger partial charge on any atom is -0.459 e. The number of nitrogens with zero attached hydrogens (tertiary/aromatic N) is 2. The Bertz CT molecular complexity index is 1100. The number of amides is 1. The molecule has 1 saturated heterocycles. The Balaban J connectivity index is 1.26. The van der Waals surface area contributed by atoms with Crippen LogP contribution in [-0.4, -0.2) is 35.0 Å². The van der Waals surface area contributed by atoms with Gasteiger partial charge in [0.25, 0.3) is 5.91 Å². The number of hydrogen-bond acceptors (Lipinski definition) is 5. The molecule has 1 fully saturated rings. The summed E-state index contributed by atoms with van der Waals surface area (Å²) in [7, 11) is 0. The van der Waals surface area contributed by atoms with Gasteiger partial charge in [-0.15, -0.1) is 0 Å². The zero-order valence-electron chi connectivity index (χ0n) is 17.5. The second-order valence-corrected chi connectivity index (χ2v) is 7.80. The molecule has 0 atom stereocenters. The molecule has 6 nitrogen and oxygen atoms in total. The van der Waals surface area contributed by atoms with Crippen LogP contribution in [0.2, 0.25) is 0 Å². The average molecular weight is 458 g/mol. The predicted octanol–water partition coefficient (Wildman–Crippen LogP) is 4.96. The fourth-order valence-electron chi connectivity index (χ4n) is 3.68. The van der Waals surface area contributed by atoms with Gasteiger partial charge in [-0.05, 0) is 37.1 Å². The van der Waals surface area contributed by atoms with Crippen molar-refractivity contribution in [1.82, 2.24) is 10.1 Å². The molecule has 0 unspecified atom stereocenters. The normalized spacial score (nSPS) is 14.8. The largest absolute Gasteiger partial charge is 0.459 e. The van der Waals surface area contributed by atoms with Gasteiger partial charge in [0.05, 0.1) is 11.5 Å². The van der Waals surface area contributed by atoms with Crippen molar-refractivity contribution in [3.8, 4) is 11.3 Å². The fraction of sp³-hybridized carbons (Fsp3) is 0.292. The molecule has 1 aliphatic rings. The summed E-state index contributed by atoms with van der Waals surface area (Å²) in [6.07, 6.45) is -3.62. The summed E-state index contributed by atoms with van der Waals surface area (Å²) in [5, 5.41) is 3.92. The zero-order chi connectivity index (χ0) is 23.4. The van der Waals surface area contributed by atoms with Crippen molar-refractivity contribution < 1.29 is 32.0 Å². The molecule has 0 radical (unpaired) electrons. The van der Waals surface area contributed by atoms with E-state index in [0.717, 1.165) is 17.7 Å². The Kier molecular flexibility index (Phi) is 6.48. The number of aromatic nitrogens is 1. The molecule has 2 heterocycles. The first kappa shape index (κ1) is 22.6. The number of alkyl halides is 3. The Labute approximate surface area is 187 Å². The molecule has 1 aliphatic heterocycles. The highest BCUT2D eigenvalue weighted by molar-refractivity contribution is 5.94. The molecule has 4 rings (SSSR count). The Morgan fingerprint density at radius 3 is 2.33 bits per heavy atom. The van der Waals surface area contributed by atoms with E-state index in [1.807, 2.05) is 30.3 Å². The van der Waals surface area contributed by atoms with Crippen molar-refractivity contribution in [3.05, 3.63) is 77.5 Å². The van der Waals surface area contributed by atoms with Crippen molar-refractivity contribution in [2.45, 2.75) is 25.6 Å². The SMILES string of the molecule is O=C(OCc1cc(-c2ccccc2)on1)C1CCN(C(=O)c2ccc(C(F)(F)F)cc2)CC1. The third-order valence-electron chi connectivity index (χ3n) is 5.55. The van der Waals surface area contributed by atoms with Crippen LogP contribution in [0.3, 0.4) is 0 Å². The van der Waals surface area contributed by atoms with E-state index in [2.05, 4.69) is 5.16 Å². The number of carbonyl (C=O) groups is 2. The van der Waals surface area contributed by atoms with Crippen LogP contribution >= 0.6 is 0 Å². The summed E-state index contributed by atoms with van der Waals surface area (Å²) in [6.45, 7) is 0.628. The highest BCUT2D eigenvalue weighted by Crippen LogP contribution is 2.29. The van der Waals surface area contributed by atoms with Gasteiger partial charge < -0.3 is 14.2 Å². The lowest BCUT2D eigenvalue weighted by Crippen LogP contribution is -2.40. The third-order valence-corrected chi connectivity index (χ3v) is 5.55. The monoisotopic (exact) mass is 458 g/mol. The van der Waals surface area contributed by atoms with E-state index >= 15 is 0 Å². The molecule has 0 aliphatic carbocycles. The molecular formula is C24H21F3N2O4. The molecule has 9 heteroatoms. The van der Waals surface area contributed by atoms with Gasteiger partial charge in [-0.2, -0.15) is 13.2 Å². The number of piperidine rings is 1. The van der Waals surface area contributed by atoms with Crippen LogP contribution < -0.4 is 0 Å². The first-order valence-corrected chi connectivity index (χ1v) is 10.5. The summed E-state index contributed by atoms with van der Waals surface area (Å²) >= 11 is 0. The van der Waals surface area contributed by atoms with Gasteiger partial charge >= 0.3 is 12.1 Å². The number of benzene rings is 2. The maximum absolute atomic E-state index is 12.7. The molecule has 1 amide bonds. The van der Waals surface area contributed by atoms with Crippen LogP contribution in [0.5, 0.6) is 0 Å². The summed E-state index contributed by atoms with van der Waals surface area (Å²) in [4.78, 5) is 26.6. The number of halogens is 3. The van der Waals surface area contributed by atoms with Crippen molar-refractivity contribution in [2.24, 2.45) is 5.92 Å². The van der Waals surface area contributed by atoms with Crippen LogP contribution in [0.15, 0.2) is 65.2 Å². The standard InChI is InChI=1S/C24H21F3N2O4/c25-24(26,27)19-8-6-17(7-9-19)22(30)29-12-10-18(11-13-29)23(31)32-15-20-14-21(33-28-20)16-4-2-1-3-5-16/h1-9,14,18H,10-13,15H2. The van der Waals surface area contributed by atoms with Gasteiger partial charge in [0.2, 0.25) is 0 Å². The Morgan fingerprint density at radius 2 is 1.70 bits per heavy atom. The number of carbonyl (C=O) groups excluding carboxylic acids is 2. The topological polar surface area (TPSA) is 72.6 Å². The van der Waals surface area contributed by atoms with E-state index in [1.165, 1.54) is 17.0 Å². The maximum atomic E-state index is 12.7. The zero-order valence-corrected chi connectivity index (χ0v) is 17.5. The lowest BCUT2D eigenvalue weighted by atomic mass is 9.96. The van der Waals surface area contributed by atoms with Gasteiger partial charge in [-0.1, -0.05) is 35.5 Å². The fourth-order valence-corrected chi connectivity index (χ4v) is 3.68. The minimum atomic E-state index is -4.45. The highest BCUT2D eigenvalue weighted by Gasteiger charge is 2.32. The Hall–Kier alpha value is -3.62. The smallest absolute Gasteiger partial charge is 0.416 e. The van der Waals surface area contributed by atoms with E-state index in [1.54, 1.807) is 6.07 Å². The molecule has 0 N–H and O–H groups in total. The Morgan fingerprint density at radius 1 is 1.03 bits per heavy atom. The van der Waals surface area contributed by atoms with Gasteiger partial charge in [0.15, 0.2) is 5.76 Å². The van der Waals surface area contributed by atoms with Crippen molar-refractivity contribution in [1.29, 1.82) is 0 Å². The van der Waals surface area contributed by atoms with E-state index in [9.17, 15) is 22.8 Å². The van der Waals surface area contributed by atoms with Crippen LogP contribution in [0.1, 0.15) is 34.5 Å². The number of ether oxygens (including phenoxy) is 1. The number of likely N-dealkylation sites (tertiary alicyclic amines) is 1. The van der Waals surface area contributed by atoms with Crippen molar-refractivity contribution in [2.75, 3.05) is 13.1 Å². The van der Waals surface area contributed by atoms with Crippen LogP contribution in [0.25, 0.3) is 11.3 Å². The third kappa shape index (κ3) is 5.42. The van der Waals surface area contributed by atoms with Crippen LogP contribution in [0.4, 0.5) is 13.2 Å². The first-order valence-electron chi connectivity index (χ1n) is 10.5. The molecule has 33 heavy (non-hydrogen) atoms. The molecule has 3 aromatic rings. The second-order valence-electron chi connectivity index (χ2n) is 7.80. The molecule has 172 valence electrons. The van der Waals surface area contributed by atoms with E-state index in [0.29, 0.717) is 37.4 Å². The molecule has 0 saturated carbocycles. The van der Waals surface area contributed by atoms with Crippen molar-refractivity contribution >= 4 is 11.9 Å². The summed E-state index contributed by atoms with van der Waals surface area (Å²) < 4.78 is 48.7. The quantitative estimate of drug-likeness (QED) is 0.506. The van der Waals surface area contributed by atoms with Gasteiger partial charge in [-0.25, -0.2) is 0 Å². The van der Waals surface area contributed by atoms with Gasteiger partial charge in [0, 0.05) is 30.3 Å². The number of esters is 1. The number of rotatable bonds is 5. The maximum Gasteiger partial charge on any atom is 0.416 e. The summed E-state index contributed by atoms with van der Waals surface area (Å²) in [5.74, 6) is -0.508. The summed E-state index contributed by atoms with van der Waals surface area (Å²) in [5.41, 5.74) is 0.748. The van der Waals surface area contributed by atoms with Crippen molar-refractivity contribution in [3.63, 3.8) is 0 Å². The molecule has 2 aromatic carbocycles. The lowest BCUT2D eigenvalue weighted by Gasteiger charge is -2.31. The molecule has 1 aromatic heterocycles. The van der Waals surface area contributed by atoms with Crippen LogP contribution in [-0.2, 0) is 22.3 Å². The lowest BCUT2D eigenvalue weighted by molar-refractivity contribution is -0.151. The van der Waals surface area contributed by atoms with Gasteiger partial charge in [0.1, 0.15) is 12.3 Å². The first-order chi connectivity index (χ1) is 15.8. The average Bonchev–Trinajstić information content (AvgIpc) is 3.31. The van der Waals surface area contributed by atoms with Crippen LogP contribution in [0, 0.1) is 5.92 Å². The highest BCUT2D eigenvalue weighted by atomic mass is 19.4. The predicted molar refractivity (Wildman–Crippen MR) is 112 cm³/mol. The van der Waals surface area contributed by atoms with Gasteiger partial charge in [-0.3, -0.25) is 9.59 Å². The van der Waals surface area contributed by atoms with E-state index in [-0.39, 0.29) is 30.0 Å².